The Kier molecular flexibility index (Phi) is 2.63. The maximum atomic E-state index is 11.7. The molecule has 6 heteroatoms. The van der Waals surface area contributed by atoms with Gasteiger partial charge in [0.25, 0.3) is 0 Å². The molecule has 0 aliphatic carbocycles. The first kappa shape index (κ1) is 12.8. The maximum absolute atomic E-state index is 11.7. The van der Waals surface area contributed by atoms with E-state index in [1.807, 2.05) is 6.07 Å². The van der Waals surface area contributed by atoms with Crippen molar-refractivity contribution in [2.24, 2.45) is 0 Å². The van der Waals surface area contributed by atoms with Crippen molar-refractivity contribution in [1.82, 2.24) is 19.9 Å². The topological polar surface area (TPSA) is 85.7 Å². The highest BCUT2D eigenvalue weighted by Gasteiger charge is 2.30. The molecule has 0 radical (unpaired) electrons. The molecule has 1 aromatic carbocycles. The van der Waals surface area contributed by atoms with Gasteiger partial charge >= 0.3 is 0 Å². The molecular formula is C16H13N5O. The van der Waals surface area contributed by atoms with E-state index in [9.17, 15) is 4.79 Å². The van der Waals surface area contributed by atoms with Gasteiger partial charge in [0, 0.05) is 31.3 Å². The number of nitrogens with zero attached hydrogens (tertiary/aromatic N) is 4. The lowest BCUT2D eigenvalue weighted by atomic mass is 10.1. The molecule has 1 fully saturated rings. The van der Waals surface area contributed by atoms with Crippen LogP contribution in [0.4, 0.5) is 0 Å². The Morgan fingerprint density at radius 2 is 2.32 bits per heavy atom. The van der Waals surface area contributed by atoms with Gasteiger partial charge in [-0.1, -0.05) is 0 Å². The summed E-state index contributed by atoms with van der Waals surface area (Å²) in [5.74, 6) is 1.03. The highest BCUT2D eigenvalue weighted by molar-refractivity contribution is 6.02. The summed E-state index contributed by atoms with van der Waals surface area (Å²) in [6.07, 6.45) is 2.23. The number of amides is 1. The highest BCUT2D eigenvalue weighted by Crippen LogP contribution is 2.29. The zero-order valence-corrected chi connectivity index (χ0v) is 12.0. The number of imidazole rings is 1. The molecule has 0 bridgehead atoms. The molecule has 6 nitrogen and oxygen atoms in total. The van der Waals surface area contributed by atoms with Crippen molar-refractivity contribution in [3.8, 4) is 6.07 Å². The summed E-state index contributed by atoms with van der Waals surface area (Å²) < 4.78 is 0. The van der Waals surface area contributed by atoms with E-state index in [0.29, 0.717) is 18.5 Å². The summed E-state index contributed by atoms with van der Waals surface area (Å²) >= 11 is 0. The average Bonchev–Trinajstić information content (AvgIpc) is 3.11. The molecule has 1 amide bonds. The molecule has 0 saturated carbocycles. The zero-order chi connectivity index (χ0) is 15.3. The Morgan fingerprint density at radius 3 is 3.05 bits per heavy atom. The average molecular weight is 291 g/mol. The number of nitriles is 1. The Balaban J connectivity index is 1.88. The zero-order valence-electron chi connectivity index (χ0n) is 12.0. The van der Waals surface area contributed by atoms with Gasteiger partial charge in [-0.05, 0) is 18.2 Å². The van der Waals surface area contributed by atoms with Gasteiger partial charge in [0.2, 0.25) is 5.91 Å². The van der Waals surface area contributed by atoms with Gasteiger partial charge < -0.3 is 9.88 Å². The number of carbonyl (C=O) groups excluding carboxylic acids is 1. The number of aromatic amines is 1. The van der Waals surface area contributed by atoms with Crippen LogP contribution < -0.4 is 0 Å². The summed E-state index contributed by atoms with van der Waals surface area (Å²) in [5.41, 5.74) is 3.03. The molecule has 1 aliphatic rings. The van der Waals surface area contributed by atoms with E-state index in [2.05, 4.69) is 21.0 Å². The minimum Gasteiger partial charge on any atom is -0.345 e. The molecule has 1 aliphatic heterocycles. The molecule has 22 heavy (non-hydrogen) atoms. The Morgan fingerprint density at radius 1 is 1.45 bits per heavy atom. The first-order valence-corrected chi connectivity index (χ1v) is 7.08. The van der Waals surface area contributed by atoms with E-state index in [1.54, 1.807) is 30.3 Å². The third-order valence-electron chi connectivity index (χ3n) is 4.19. The van der Waals surface area contributed by atoms with Gasteiger partial charge in [0.15, 0.2) is 0 Å². The normalized spacial score (nSPS) is 18.3. The third kappa shape index (κ3) is 1.83. The maximum Gasteiger partial charge on any atom is 0.223 e. The molecule has 108 valence electrons. The van der Waals surface area contributed by atoms with Crippen molar-refractivity contribution in [3.63, 3.8) is 0 Å². The third-order valence-corrected chi connectivity index (χ3v) is 4.19. The van der Waals surface area contributed by atoms with Crippen LogP contribution in [0.5, 0.6) is 0 Å². The number of benzene rings is 1. The highest BCUT2D eigenvalue weighted by atomic mass is 16.2. The number of H-pyrrole nitrogens is 1. The van der Waals surface area contributed by atoms with Crippen LogP contribution in [0.2, 0.25) is 0 Å². The van der Waals surface area contributed by atoms with Crippen molar-refractivity contribution in [2.75, 3.05) is 13.6 Å². The fourth-order valence-corrected chi connectivity index (χ4v) is 2.99. The van der Waals surface area contributed by atoms with E-state index in [0.717, 1.165) is 27.8 Å². The Hall–Kier alpha value is -2.94. The summed E-state index contributed by atoms with van der Waals surface area (Å²) in [5, 5.41) is 9.92. The number of rotatable bonds is 1. The molecular weight excluding hydrogens is 278 g/mol. The molecule has 4 rings (SSSR count). The number of carbonyl (C=O) groups is 1. The lowest BCUT2D eigenvalue weighted by Gasteiger charge is -2.07. The predicted molar refractivity (Wildman–Crippen MR) is 81.1 cm³/mol. The summed E-state index contributed by atoms with van der Waals surface area (Å²) in [6.45, 7) is 0.674. The summed E-state index contributed by atoms with van der Waals surface area (Å²) in [7, 11) is 1.81. The van der Waals surface area contributed by atoms with Crippen LogP contribution in [0.3, 0.4) is 0 Å². The van der Waals surface area contributed by atoms with Crippen molar-refractivity contribution >= 4 is 27.8 Å². The fraction of sp³-hybridized carbons (Fsp3) is 0.250. The number of hydrogen-bond acceptors (Lipinski definition) is 4. The van der Waals surface area contributed by atoms with E-state index < -0.39 is 0 Å². The molecule has 1 N–H and O–H groups in total. The van der Waals surface area contributed by atoms with Gasteiger partial charge in [-0.2, -0.15) is 5.26 Å². The molecule has 3 heterocycles. The van der Waals surface area contributed by atoms with E-state index in [4.69, 9.17) is 5.26 Å². The largest absolute Gasteiger partial charge is 0.345 e. The second-order valence-electron chi connectivity index (χ2n) is 5.66. The summed E-state index contributed by atoms with van der Waals surface area (Å²) in [4.78, 5) is 25.8. The molecule has 1 saturated heterocycles. The minimum atomic E-state index is 0.0825. The first-order valence-electron chi connectivity index (χ1n) is 7.08. The Labute approximate surface area is 126 Å². The second-order valence-corrected chi connectivity index (χ2v) is 5.66. The van der Waals surface area contributed by atoms with Gasteiger partial charge in [-0.25, -0.2) is 4.98 Å². The number of pyridine rings is 1. The van der Waals surface area contributed by atoms with Crippen molar-refractivity contribution in [1.29, 1.82) is 5.26 Å². The fourth-order valence-electron chi connectivity index (χ4n) is 2.99. The van der Waals surface area contributed by atoms with Gasteiger partial charge in [0.1, 0.15) is 5.82 Å². The molecule has 0 unspecified atom stereocenters. The number of nitrogens with one attached hydrogen (secondary N) is 1. The number of fused-ring (bicyclic) bond motifs is 3. The van der Waals surface area contributed by atoms with Crippen molar-refractivity contribution in [3.05, 3.63) is 35.8 Å². The Bertz CT molecular complexity index is 952. The smallest absolute Gasteiger partial charge is 0.223 e. The number of likely N-dealkylation sites (tertiary alicyclic amines) is 1. The lowest BCUT2D eigenvalue weighted by Crippen LogP contribution is -2.18. The first-order chi connectivity index (χ1) is 10.7. The van der Waals surface area contributed by atoms with Crippen LogP contribution in [-0.4, -0.2) is 39.4 Å². The van der Waals surface area contributed by atoms with Crippen LogP contribution in [0.15, 0.2) is 24.4 Å². The second kappa shape index (κ2) is 4.53. The minimum absolute atomic E-state index is 0.0825. The number of hydrogen-bond donors (Lipinski definition) is 1. The van der Waals surface area contributed by atoms with E-state index in [1.165, 1.54) is 0 Å². The monoisotopic (exact) mass is 291 g/mol. The van der Waals surface area contributed by atoms with Crippen LogP contribution in [-0.2, 0) is 4.79 Å². The van der Waals surface area contributed by atoms with Crippen LogP contribution >= 0.6 is 0 Å². The van der Waals surface area contributed by atoms with E-state index in [-0.39, 0.29) is 11.8 Å². The molecule has 1 atom stereocenters. The van der Waals surface area contributed by atoms with Crippen LogP contribution in [0.1, 0.15) is 23.7 Å². The molecule has 2 aromatic heterocycles. The quantitative estimate of drug-likeness (QED) is 0.742. The number of likely N-dealkylation sites (N-methyl/N-ethyl adjacent to an activating group) is 1. The molecule has 3 aromatic rings. The standard InChI is InChI=1S/C16H13N5O/c1-21-8-10(5-14(21)22)16-19-13-7-18-12-3-2-9(6-17)4-11(12)15(13)20-16/h2-4,7,10H,5,8H2,1H3,(H,19,20)/t10-/m1/s1. The lowest BCUT2D eigenvalue weighted by molar-refractivity contribution is -0.126. The van der Waals surface area contributed by atoms with Gasteiger partial charge in [-0.3, -0.25) is 9.78 Å². The van der Waals surface area contributed by atoms with Gasteiger partial charge in [-0.15, -0.1) is 0 Å². The number of aromatic nitrogens is 3. The van der Waals surface area contributed by atoms with Crippen molar-refractivity contribution < 1.29 is 4.79 Å². The molecule has 0 spiro atoms. The predicted octanol–water partition coefficient (Wildman–Crippen LogP) is 1.93. The van der Waals surface area contributed by atoms with Gasteiger partial charge in [0.05, 0.1) is 34.4 Å². The summed E-state index contributed by atoms with van der Waals surface area (Å²) in [6, 6.07) is 7.52. The SMILES string of the molecule is CN1C[C@H](c2nc3c(cnc4ccc(C#N)cc43)[nH]2)CC1=O. The van der Waals surface area contributed by atoms with Crippen molar-refractivity contribution in [2.45, 2.75) is 12.3 Å². The van der Waals surface area contributed by atoms with E-state index >= 15 is 0 Å². The van der Waals surface area contributed by atoms with Crippen LogP contribution in [0, 0.1) is 11.3 Å². The van der Waals surface area contributed by atoms with Crippen LogP contribution in [0.25, 0.3) is 21.9 Å².